The molecule has 0 aliphatic rings. The van der Waals surface area contributed by atoms with Crippen molar-refractivity contribution in [3.63, 3.8) is 0 Å². The first-order chi connectivity index (χ1) is 11.7. The Morgan fingerprint density at radius 2 is 2.21 bits per heavy atom. The number of nitrogens with one attached hydrogen (secondary N) is 2. The van der Waals surface area contributed by atoms with Crippen LogP contribution in [-0.4, -0.2) is 18.0 Å². The molecule has 2 heterocycles. The van der Waals surface area contributed by atoms with Crippen LogP contribution in [0.1, 0.15) is 10.4 Å². The highest BCUT2D eigenvalue weighted by atomic mass is 32.1. The number of fused-ring (bicyclic) bond motifs is 1. The maximum absolute atomic E-state index is 12.0. The number of benzene rings is 1. The lowest BCUT2D eigenvalue weighted by Gasteiger charge is -2.08. The van der Waals surface area contributed by atoms with Crippen LogP contribution in [0.3, 0.4) is 0 Å². The van der Waals surface area contributed by atoms with E-state index in [0.29, 0.717) is 17.8 Å². The molecule has 2 aromatic heterocycles. The minimum Gasteiger partial charge on any atom is -0.380 e. The predicted molar refractivity (Wildman–Crippen MR) is 97.3 cm³/mol. The lowest BCUT2D eigenvalue weighted by atomic mass is 10.1. The highest BCUT2D eigenvalue weighted by Crippen LogP contribution is 2.20. The van der Waals surface area contributed by atoms with Gasteiger partial charge in [-0.05, 0) is 35.2 Å². The van der Waals surface area contributed by atoms with E-state index in [1.54, 1.807) is 36.7 Å². The van der Waals surface area contributed by atoms with Gasteiger partial charge in [0.1, 0.15) is 0 Å². The Kier molecular flexibility index (Phi) is 4.88. The SMILES string of the molecule is COCc1cc(=O)[nH]c2cc(NC(=O)/C=C\c3cccs3)ccc12. The molecule has 122 valence electrons. The van der Waals surface area contributed by atoms with E-state index in [-0.39, 0.29) is 11.5 Å². The molecule has 24 heavy (non-hydrogen) atoms. The number of methoxy groups -OCH3 is 1. The lowest BCUT2D eigenvalue weighted by Crippen LogP contribution is -2.10. The standard InChI is InChI=1S/C18H16N2O3S/c1-23-11-12-9-18(22)20-16-10-13(4-6-15(12)16)19-17(21)7-5-14-3-2-8-24-14/h2-10H,11H2,1H3,(H,19,21)(H,20,22)/b7-5-. The van der Waals surface area contributed by atoms with Gasteiger partial charge in [-0.15, -0.1) is 11.3 Å². The van der Waals surface area contributed by atoms with Gasteiger partial charge in [0.25, 0.3) is 0 Å². The average molecular weight is 340 g/mol. The highest BCUT2D eigenvalue weighted by Gasteiger charge is 2.06. The highest BCUT2D eigenvalue weighted by molar-refractivity contribution is 7.10. The summed E-state index contributed by atoms with van der Waals surface area (Å²) in [7, 11) is 1.58. The Morgan fingerprint density at radius 3 is 2.96 bits per heavy atom. The zero-order valence-electron chi connectivity index (χ0n) is 13.0. The first kappa shape index (κ1) is 16.2. The number of aromatic nitrogens is 1. The van der Waals surface area contributed by atoms with Crippen molar-refractivity contribution in [3.8, 4) is 0 Å². The first-order valence-electron chi connectivity index (χ1n) is 7.33. The number of thiophene rings is 1. The van der Waals surface area contributed by atoms with Crippen LogP contribution in [0.5, 0.6) is 0 Å². The summed E-state index contributed by atoms with van der Waals surface area (Å²) in [4.78, 5) is 27.5. The fraction of sp³-hybridized carbons (Fsp3) is 0.111. The molecule has 0 aliphatic carbocycles. The van der Waals surface area contributed by atoms with Crippen molar-refractivity contribution in [2.45, 2.75) is 6.61 Å². The molecule has 0 fully saturated rings. The largest absolute Gasteiger partial charge is 0.380 e. The third-order valence-corrected chi connectivity index (χ3v) is 4.28. The van der Waals surface area contributed by atoms with Crippen LogP contribution in [0.4, 0.5) is 5.69 Å². The summed E-state index contributed by atoms with van der Waals surface area (Å²) in [6, 6.07) is 10.8. The second-order valence-corrected chi connectivity index (χ2v) is 6.17. The minimum atomic E-state index is -0.224. The normalized spacial score (nSPS) is 11.2. The molecule has 0 unspecified atom stereocenters. The Morgan fingerprint density at radius 1 is 1.33 bits per heavy atom. The van der Waals surface area contributed by atoms with Crippen LogP contribution in [-0.2, 0) is 16.1 Å². The molecular weight excluding hydrogens is 324 g/mol. The predicted octanol–water partition coefficient (Wildman–Crippen LogP) is 3.39. The molecule has 6 heteroatoms. The molecule has 3 aromatic rings. The van der Waals surface area contributed by atoms with Gasteiger partial charge >= 0.3 is 0 Å². The van der Waals surface area contributed by atoms with Gasteiger partial charge in [0, 0.05) is 35.2 Å². The molecular formula is C18H16N2O3S. The number of carbonyl (C=O) groups is 1. The van der Waals surface area contributed by atoms with Gasteiger partial charge in [-0.2, -0.15) is 0 Å². The minimum absolute atomic E-state index is 0.199. The Hall–Kier alpha value is -2.70. The Balaban J connectivity index is 1.83. The van der Waals surface area contributed by atoms with E-state index in [1.807, 2.05) is 23.6 Å². The van der Waals surface area contributed by atoms with E-state index >= 15 is 0 Å². The smallest absolute Gasteiger partial charge is 0.248 e. The van der Waals surface area contributed by atoms with Gasteiger partial charge < -0.3 is 15.0 Å². The van der Waals surface area contributed by atoms with Crippen LogP contribution in [0.25, 0.3) is 17.0 Å². The average Bonchev–Trinajstić information content (AvgIpc) is 3.06. The molecule has 0 radical (unpaired) electrons. The van der Waals surface area contributed by atoms with E-state index in [4.69, 9.17) is 4.74 Å². The molecule has 5 nitrogen and oxygen atoms in total. The van der Waals surface area contributed by atoms with E-state index in [2.05, 4.69) is 10.3 Å². The third-order valence-electron chi connectivity index (χ3n) is 3.44. The number of ether oxygens (including phenoxy) is 1. The van der Waals surface area contributed by atoms with E-state index in [0.717, 1.165) is 15.8 Å². The second-order valence-electron chi connectivity index (χ2n) is 5.19. The van der Waals surface area contributed by atoms with Gasteiger partial charge in [0.15, 0.2) is 0 Å². The van der Waals surface area contributed by atoms with Crippen molar-refractivity contribution in [3.05, 3.63) is 68.6 Å². The molecule has 0 aliphatic heterocycles. The first-order valence-corrected chi connectivity index (χ1v) is 8.21. The molecule has 2 N–H and O–H groups in total. The lowest BCUT2D eigenvalue weighted by molar-refractivity contribution is -0.111. The van der Waals surface area contributed by atoms with Crippen molar-refractivity contribution in [1.82, 2.24) is 4.98 Å². The number of rotatable bonds is 5. The summed E-state index contributed by atoms with van der Waals surface area (Å²) in [6.45, 7) is 0.357. The summed E-state index contributed by atoms with van der Waals surface area (Å²) >= 11 is 1.56. The molecule has 1 amide bonds. The molecule has 3 rings (SSSR count). The van der Waals surface area contributed by atoms with E-state index in [9.17, 15) is 9.59 Å². The van der Waals surface area contributed by atoms with Gasteiger partial charge in [0.2, 0.25) is 11.5 Å². The monoisotopic (exact) mass is 340 g/mol. The third kappa shape index (κ3) is 3.79. The maximum Gasteiger partial charge on any atom is 0.248 e. The number of hydrogen-bond donors (Lipinski definition) is 2. The Labute approximate surface area is 142 Å². The summed E-state index contributed by atoms with van der Waals surface area (Å²) in [5.41, 5.74) is 1.89. The number of amides is 1. The number of anilines is 1. The summed E-state index contributed by atoms with van der Waals surface area (Å²) in [6.07, 6.45) is 3.25. The molecule has 0 spiro atoms. The van der Waals surface area contributed by atoms with Crippen molar-refractivity contribution in [2.75, 3.05) is 12.4 Å². The van der Waals surface area contributed by atoms with Crippen molar-refractivity contribution in [2.24, 2.45) is 0 Å². The van der Waals surface area contributed by atoms with Crippen LogP contribution in [0.15, 0.2) is 52.6 Å². The number of pyridine rings is 1. The van der Waals surface area contributed by atoms with Gasteiger partial charge in [0.05, 0.1) is 12.1 Å². The molecule has 0 saturated heterocycles. The quantitative estimate of drug-likeness (QED) is 0.700. The summed E-state index contributed by atoms with van der Waals surface area (Å²) in [5.74, 6) is -0.224. The van der Waals surface area contributed by atoms with Gasteiger partial charge in [-0.3, -0.25) is 9.59 Å². The van der Waals surface area contributed by atoms with Crippen molar-refractivity contribution >= 4 is 39.9 Å². The summed E-state index contributed by atoms with van der Waals surface area (Å²) in [5, 5.41) is 5.64. The van der Waals surface area contributed by atoms with Crippen LogP contribution < -0.4 is 10.9 Å². The van der Waals surface area contributed by atoms with Crippen molar-refractivity contribution in [1.29, 1.82) is 0 Å². The molecule has 0 bridgehead atoms. The van der Waals surface area contributed by atoms with E-state index in [1.165, 1.54) is 12.1 Å². The number of carbonyl (C=O) groups excluding carboxylic acids is 1. The van der Waals surface area contributed by atoms with Crippen LogP contribution in [0.2, 0.25) is 0 Å². The zero-order chi connectivity index (χ0) is 16.9. The van der Waals surface area contributed by atoms with Crippen molar-refractivity contribution < 1.29 is 9.53 Å². The van der Waals surface area contributed by atoms with Gasteiger partial charge in [-0.1, -0.05) is 12.1 Å². The summed E-state index contributed by atoms with van der Waals surface area (Å²) < 4.78 is 5.12. The fourth-order valence-electron chi connectivity index (χ4n) is 2.41. The van der Waals surface area contributed by atoms with E-state index < -0.39 is 0 Å². The fourth-order valence-corrected chi connectivity index (χ4v) is 3.03. The molecule has 1 aromatic carbocycles. The molecule has 0 atom stereocenters. The molecule has 0 saturated carbocycles. The van der Waals surface area contributed by atoms with Gasteiger partial charge in [-0.25, -0.2) is 0 Å². The van der Waals surface area contributed by atoms with Crippen LogP contribution in [0, 0.1) is 0 Å². The zero-order valence-corrected chi connectivity index (χ0v) is 13.9. The number of aromatic amines is 1. The second kappa shape index (κ2) is 7.25. The topological polar surface area (TPSA) is 71.2 Å². The number of H-pyrrole nitrogens is 1. The Bertz CT molecular complexity index is 943. The van der Waals surface area contributed by atoms with Crippen LogP contribution >= 0.6 is 11.3 Å². The maximum atomic E-state index is 12.0. The number of hydrogen-bond acceptors (Lipinski definition) is 4.